The number of hydrogen-bond donors (Lipinski definition) is 0. The summed E-state index contributed by atoms with van der Waals surface area (Å²) in [5, 5.41) is 3.43. The summed E-state index contributed by atoms with van der Waals surface area (Å²) in [4.78, 5) is 24.4. The van der Waals surface area contributed by atoms with Crippen molar-refractivity contribution in [2.45, 2.75) is 51.3 Å². The summed E-state index contributed by atoms with van der Waals surface area (Å²) in [6.45, 7) is 4.35. The van der Waals surface area contributed by atoms with E-state index >= 15 is 4.39 Å². The fourth-order valence-corrected chi connectivity index (χ4v) is 5.29. The van der Waals surface area contributed by atoms with Crippen LogP contribution in [0.25, 0.3) is 32.7 Å². The van der Waals surface area contributed by atoms with Gasteiger partial charge in [-0.3, -0.25) is 9.78 Å². The number of fused-ring (bicyclic) bond motifs is 1. The number of methoxy groups -OCH3 is 1. The van der Waals surface area contributed by atoms with Crippen LogP contribution in [0.3, 0.4) is 0 Å². The van der Waals surface area contributed by atoms with E-state index in [0.717, 1.165) is 5.56 Å². The Labute approximate surface area is 262 Å². The highest BCUT2D eigenvalue weighted by Gasteiger charge is 2.67. The van der Waals surface area contributed by atoms with Crippen LogP contribution in [0.15, 0.2) is 77.5 Å². The lowest BCUT2D eigenvalue weighted by molar-refractivity contribution is -0.183. The van der Waals surface area contributed by atoms with E-state index in [1.54, 1.807) is 24.3 Å². The Hall–Kier alpha value is -4.74. The van der Waals surface area contributed by atoms with Crippen LogP contribution in [0.4, 0.5) is 17.6 Å². The number of halogens is 4. The molecule has 3 aromatic rings. The van der Waals surface area contributed by atoms with E-state index in [-0.39, 0.29) is 68.3 Å². The van der Waals surface area contributed by atoms with Gasteiger partial charge in [0.1, 0.15) is 34.3 Å². The maximum Gasteiger partial charge on any atom is 0.401 e. The molecule has 0 N–H and O–H groups in total. The summed E-state index contributed by atoms with van der Waals surface area (Å²) in [5.41, 5.74) is 10.0. The number of aromatic nitrogens is 2. The van der Waals surface area contributed by atoms with Crippen LogP contribution in [0.2, 0.25) is 0 Å². The van der Waals surface area contributed by atoms with E-state index in [9.17, 15) is 18.0 Å². The standard InChI is InChI=1S/C33H31F4N5O4/c1-20-12-21(13-31(46-20)32(8-9-32)33(35,36)37)4-3-5-25(43)14-22-6-7-23(15-26(22)34)29-18-39-27-16-24(19-45-11-10-40-42-38)30(44-2)17-28(27)41-29/h6-7,12-13,15-18H,1,3-5,8-11,14,19H2,2H3. The molecule has 9 nitrogen and oxygen atoms in total. The molecule has 46 heavy (non-hydrogen) atoms. The molecule has 0 saturated heterocycles. The highest BCUT2D eigenvalue weighted by atomic mass is 19.4. The van der Waals surface area contributed by atoms with Gasteiger partial charge >= 0.3 is 6.18 Å². The molecule has 2 aromatic carbocycles. The molecule has 1 aliphatic carbocycles. The van der Waals surface area contributed by atoms with Gasteiger partial charge in [-0.15, -0.1) is 0 Å². The third kappa shape index (κ3) is 7.38. The lowest BCUT2D eigenvalue weighted by atomic mass is 9.96. The van der Waals surface area contributed by atoms with Gasteiger partial charge in [-0.25, -0.2) is 9.37 Å². The van der Waals surface area contributed by atoms with Crippen LogP contribution in [0, 0.1) is 11.2 Å². The van der Waals surface area contributed by atoms with E-state index in [2.05, 4.69) is 26.6 Å². The molecule has 2 aliphatic rings. The Bertz CT molecular complexity index is 1780. The number of benzene rings is 2. The number of hydrogen-bond acceptors (Lipinski definition) is 7. The van der Waals surface area contributed by atoms with E-state index in [4.69, 9.17) is 19.7 Å². The number of azide groups is 1. The topological polar surface area (TPSA) is 119 Å². The number of alkyl halides is 3. The number of ketones is 1. The van der Waals surface area contributed by atoms with Crippen molar-refractivity contribution in [3.05, 3.63) is 99.7 Å². The summed E-state index contributed by atoms with van der Waals surface area (Å²) in [6.07, 6.45) is 0.849. The van der Waals surface area contributed by atoms with Gasteiger partial charge in [0.15, 0.2) is 0 Å². The highest BCUT2D eigenvalue weighted by Crippen LogP contribution is 2.63. The first-order chi connectivity index (χ1) is 22.0. The van der Waals surface area contributed by atoms with Crippen molar-refractivity contribution in [3.8, 4) is 17.0 Å². The molecule has 240 valence electrons. The van der Waals surface area contributed by atoms with Crippen molar-refractivity contribution >= 4 is 16.8 Å². The van der Waals surface area contributed by atoms with Gasteiger partial charge in [-0.2, -0.15) is 13.2 Å². The van der Waals surface area contributed by atoms with Gasteiger partial charge in [-0.05, 0) is 66.6 Å². The summed E-state index contributed by atoms with van der Waals surface area (Å²) in [7, 11) is 1.52. The largest absolute Gasteiger partial charge is 0.496 e. The first-order valence-electron chi connectivity index (χ1n) is 14.6. The lowest BCUT2D eigenvalue weighted by Crippen LogP contribution is -2.28. The molecule has 0 bridgehead atoms. The zero-order valence-electron chi connectivity index (χ0n) is 25.1. The van der Waals surface area contributed by atoms with Crippen molar-refractivity contribution in [1.29, 1.82) is 0 Å². The molecular weight excluding hydrogens is 606 g/mol. The van der Waals surface area contributed by atoms with Crippen molar-refractivity contribution < 1.29 is 36.6 Å². The minimum atomic E-state index is -4.40. The second kappa shape index (κ2) is 13.7. The Morgan fingerprint density at radius 1 is 1.17 bits per heavy atom. The predicted octanol–water partition coefficient (Wildman–Crippen LogP) is 8.25. The molecule has 1 aliphatic heterocycles. The molecule has 0 radical (unpaired) electrons. The van der Waals surface area contributed by atoms with Crippen LogP contribution < -0.4 is 4.74 Å². The fraction of sp³-hybridized carbons (Fsp3) is 0.364. The quantitative estimate of drug-likeness (QED) is 0.0577. The maximum absolute atomic E-state index is 15.1. The number of nitrogens with zero attached hydrogens (tertiary/aromatic N) is 5. The number of rotatable bonds is 14. The van der Waals surface area contributed by atoms with Crippen LogP contribution in [0.5, 0.6) is 5.75 Å². The van der Waals surface area contributed by atoms with E-state index in [1.807, 2.05) is 0 Å². The van der Waals surface area contributed by atoms with Gasteiger partial charge in [0.05, 0.1) is 43.2 Å². The van der Waals surface area contributed by atoms with Crippen LogP contribution in [0.1, 0.15) is 43.2 Å². The fourth-order valence-electron chi connectivity index (χ4n) is 5.29. The molecule has 1 fully saturated rings. The monoisotopic (exact) mass is 637 g/mol. The van der Waals surface area contributed by atoms with Gasteiger partial charge < -0.3 is 14.2 Å². The smallest absolute Gasteiger partial charge is 0.401 e. The van der Waals surface area contributed by atoms with Gasteiger partial charge in [0.25, 0.3) is 0 Å². The van der Waals surface area contributed by atoms with Gasteiger partial charge in [0, 0.05) is 41.5 Å². The van der Waals surface area contributed by atoms with Gasteiger partial charge in [0.2, 0.25) is 0 Å². The summed E-state index contributed by atoms with van der Waals surface area (Å²) >= 11 is 0. The van der Waals surface area contributed by atoms with E-state index < -0.39 is 17.4 Å². The van der Waals surface area contributed by atoms with Crippen molar-refractivity contribution in [2.24, 2.45) is 10.5 Å². The Morgan fingerprint density at radius 3 is 2.67 bits per heavy atom. The highest BCUT2D eigenvalue weighted by molar-refractivity contribution is 5.82. The maximum atomic E-state index is 15.1. The summed E-state index contributed by atoms with van der Waals surface area (Å²) in [6, 6.07) is 8.01. The lowest BCUT2D eigenvalue weighted by Gasteiger charge is -2.26. The Kier molecular flexibility index (Phi) is 9.74. The minimum absolute atomic E-state index is 0.0201. The second-order valence-electron chi connectivity index (χ2n) is 11.2. The zero-order valence-corrected chi connectivity index (χ0v) is 25.1. The minimum Gasteiger partial charge on any atom is -0.496 e. The number of Topliss-reactive ketones (excluding diaryl/α,β-unsaturated/α-hetero) is 1. The van der Waals surface area contributed by atoms with Crippen molar-refractivity contribution in [2.75, 3.05) is 20.3 Å². The van der Waals surface area contributed by atoms with E-state index in [1.165, 1.54) is 31.5 Å². The average molecular weight is 638 g/mol. The molecule has 1 saturated carbocycles. The molecule has 0 spiro atoms. The molecule has 0 atom stereocenters. The second-order valence-corrected chi connectivity index (χ2v) is 11.2. The Morgan fingerprint density at radius 2 is 1.98 bits per heavy atom. The number of allylic oxidation sites excluding steroid dienone is 4. The normalized spacial score (nSPS) is 15.5. The predicted molar refractivity (Wildman–Crippen MR) is 162 cm³/mol. The van der Waals surface area contributed by atoms with Gasteiger partial charge in [-0.1, -0.05) is 23.8 Å². The van der Waals surface area contributed by atoms with Crippen molar-refractivity contribution in [1.82, 2.24) is 9.97 Å². The number of carbonyl (C=O) groups excluding carboxylic acids is 1. The Balaban J connectivity index is 1.19. The molecule has 5 rings (SSSR count). The number of carbonyl (C=O) groups is 1. The van der Waals surface area contributed by atoms with Crippen LogP contribution in [-0.2, 0) is 27.3 Å². The van der Waals surface area contributed by atoms with Crippen LogP contribution >= 0.6 is 0 Å². The van der Waals surface area contributed by atoms with Crippen molar-refractivity contribution in [3.63, 3.8) is 0 Å². The average Bonchev–Trinajstić information content (AvgIpc) is 3.84. The third-order valence-electron chi connectivity index (χ3n) is 7.93. The number of ether oxygens (including phenoxy) is 3. The molecule has 1 aromatic heterocycles. The molecule has 13 heteroatoms. The molecule has 0 unspecified atom stereocenters. The molecule has 2 heterocycles. The first-order valence-corrected chi connectivity index (χ1v) is 14.6. The van der Waals surface area contributed by atoms with E-state index in [0.29, 0.717) is 46.5 Å². The molecular formula is C33H31F4N5O4. The third-order valence-corrected chi connectivity index (χ3v) is 7.93. The SMILES string of the molecule is C=C1C=C(CCCC(=O)Cc2ccc(-c3cnc4cc(COCCN=[N+]=[N-])c(OC)cc4n3)cc2F)C=C(C2(C(F)(F)F)CC2)O1. The summed E-state index contributed by atoms with van der Waals surface area (Å²) < 4.78 is 72.1. The van der Waals surface area contributed by atoms with Crippen LogP contribution in [-0.4, -0.2) is 42.2 Å². The molecule has 0 amide bonds. The summed E-state index contributed by atoms with van der Waals surface area (Å²) in [5.74, 6) is -0.212. The first kappa shape index (κ1) is 32.6. The zero-order chi connectivity index (χ0) is 32.9.